The van der Waals surface area contributed by atoms with Crippen molar-refractivity contribution in [3.05, 3.63) is 76.8 Å². The molecular weight excluding hydrogens is 472 g/mol. The number of rotatable bonds is 7. The first-order valence-corrected chi connectivity index (χ1v) is 12.4. The molecule has 7 nitrogen and oxygen atoms in total. The van der Waals surface area contributed by atoms with Gasteiger partial charge < -0.3 is 19.4 Å². The molecule has 0 saturated heterocycles. The van der Waals surface area contributed by atoms with E-state index in [4.69, 9.17) is 21.1 Å². The highest BCUT2D eigenvalue weighted by molar-refractivity contribution is 8.00. The quantitative estimate of drug-likeness (QED) is 0.496. The van der Waals surface area contributed by atoms with Crippen LogP contribution in [0.3, 0.4) is 0 Å². The van der Waals surface area contributed by atoms with Crippen LogP contribution in [0.5, 0.6) is 11.5 Å². The molecule has 1 amide bonds. The van der Waals surface area contributed by atoms with Crippen molar-refractivity contribution in [1.29, 1.82) is 0 Å². The molecule has 0 fully saturated rings. The molecule has 1 N–H and O–H groups in total. The summed E-state index contributed by atoms with van der Waals surface area (Å²) in [6.45, 7) is 2.40. The van der Waals surface area contributed by atoms with E-state index in [2.05, 4.69) is 15.3 Å². The Morgan fingerprint density at radius 3 is 2.94 bits per heavy atom. The minimum Gasteiger partial charge on any atom is -0.493 e. The van der Waals surface area contributed by atoms with Crippen molar-refractivity contribution in [3.8, 4) is 11.5 Å². The monoisotopic (exact) mass is 496 g/mol. The summed E-state index contributed by atoms with van der Waals surface area (Å²) in [6, 6.07) is 7.27. The van der Waals surface area contributed by atoms with Gasteiger partial charge in [0.1, 0.15) is 23.1 Å². The molecule has 4 heterocycles. The van der Waals surface area contributed by atoms with Gasteiger partial charge in [-0.1, -0.05) is 17.7 Å². The van der Waals surface area contributed by atoms with Gasteiger partial charge in [0.25, 0.3) is 0 Å². The van der Waals surface area contributed by atoms with Crippen molar-refractivity contribution >= 4 is 29.3 Å². The zero-order chi connectivity index (χ0) is 23.7. The summed E-state index contributed by atoms with van der Waals surface area (Å²) < 4.78 is 13.8. The number of aryl methyl sites for hydroxylation is 1. The lowest BCUT2D eigenvalue weighted by Gasteiger charge is -2.12. The summed E-state index contributed by atoms with van der Waals surface area (Å²) in [7, 11) is 2.00. The Kier molecular flexibility index (Phi) is 6.52. The number of amides is 1. The fourth-order valence-corrected chi connectivity index (χ4v) is 5.66. The Labute approximate surface area is 207 Å². The smallest absolute Gasteiger partial charge is 0.224 e. The number of benzene rings is 1. The first kappa shape index (κ1) is 22.8. The molecule has 5 rings (SSSR count). The van der Waals surface area contributed by atoms with Gasteiger partial charge in [0, 0.05) is 49.6 Å². The van der Waals surface area contributed by atoms with E-state index in [1.54, 1.807) is 24.0 Å². The number of aromatic nitrogens is 3. The molecular formula is C25H25ClN4O3S. The third kappa shape index (κ3) is 4.93. The van der Waals surface area contributed by atoms with Gasteiger partial charge in [0.05, 0.1) is 34.9 Å². The van der Waals surface area contributed by atoms with E-state index in [-0.39, 0.29) is 23.7 Å². The number of ether oxygens (including phenoxy) is 2. The van der Waals surface area contributed by atoms with Crippen LogP contribution < -0.4 is 10.1 Å². The number of carbonyl (C=O) groups excluding carboxylic acids is 1. The molecule has 2 atom stereocenters. The highest BCUT2D eigenvalue weighted by Crippen LogP contribution is 2.49. The fourth-order valence-electron chi connectivity index (χ4n) is 4.06. The van der Waals surface area contributed by atoms with Crippen molar-refractivity contribution in [1.82, 2.24) is 19.9 Å². The van der Waals surface area contributed by atoms with Gasteiger partial charge in [0.2, 0.25) is 5.91 Å². The van der Waals surface area contributed by atoms with Crippen molar-refractivity contribution in [3.63, 3.8) is 0 Å². The predicted molar refractivity (Wildman–Crippen MR) is 131 cm³/mol. The average molecular weight is 497 g/mol. The largest absolute Gasteiger partial charge is 0.493 e. The molecule has 0 aliphatic carbocycles. The number of halogens is 1. The van der Waals surface area contributed by atoms with Crippen molar-refractivity contribution < 1.29 is 14.3 Å². The number of nitrogens with one attached hydrogen (secondary N) is 1. The minimum atomic E-state index is -0.108. The Balaban J connectivity index is 1.23. The molecule has 176 valence electrons. The Bertz CT molecular complexity index is 1260. The molecule has 9 heteroatoms. The molecule has 0 saturated carbocycles. The van der Waals surface area contributed by atoms with E-state index in [0.29, 0.717) is 17.3 Å². The summed E-state index contributed by atoms with van der Waals surface area (Å²) in [5.41, 5.74) is 1.75. The number of carbonyl (C=O) groups is 1. The molecule has 1 aromatic carbocycles. The second kappa shape index (κ2) is 9.72. The number of hydrogen-bond donors (Lipinski definition) is 1. The van der Waals surface area contributed by atoms with Gasteiger partial charge in [-0.3, -0.25) is 9.78 Å². The Morgan fingerprint density at radius 1 is 1.32 bits per heavy atom. The van der Waals surface area contributed by atoms with E-state index in [1.807, 2.05) is 55.2 Å². The standard InChI is InChI=1S/C25H25ClN4O3S/c1-15-3-5-18(32-15)14-29-23(31)11-16-4-6-17(12-19(16)26)33-21-7-8-27-20-13-22(34-24(20)21)25-28-9-10-30(25)2/h4-10,12,15,22H,3,11,13-14H2,1-2H3,(H,29,31). The van der Waals surface area contributed by atoms with Crippen LogP contribution in [-0.4, -0.2) is 33.1 Å². The summed E-state index contributed by atoms with van der Waals surface area (Å²) in [6.07, 6.45) is 9.58. The van der Waals surface area contributed by atoms with Crippen LogP contribution in [0.4, 0.5) is 0 Å². The number of hydrogen-bond acceptors (Lipinski definition) is 6. The number of imidazole rings is 1. The molecule has 2 aliphatic heterocycles. The van der Waals surface area contributed by atoms with Gasteiger partial charge in [0.15, 0.2) is 0 Å². The topological polar surface area (TPSA) is 78.3 Å². The van der Waals surface area contributed by atoms with E-state index in [1.165, 1.54) is 0 Å². The van der Waals surface area contributed by atoms with Gasteiger partial charge in [-0.15, -0.1) is 11.8 Å². The maximum absolute atomic E-state index is 12.4. The average Bonchev–Trinajstić information content (AvgIpc) is 3.54. The van der Waals surface area contributed by atoms with Crippen LogP contribution in [0.15, 0.2) is 59.6 Å². The van der Waals surface area contributed by atoms with E-state index >= 15 is 0 Å². The Hall–Kier alpha value is -2.97. The van der Waals surface area contributed by atoms with E-state index in [9.17, 15) is 4.79 Å². The minimum absolute atomic E-state index is 0.108. The maximum Gasteiger partial charge on any atom is 0.224 e. The van der Waals surface area contributed by atoms with Crippen molar-refractivity contribution in [2.45, 2.75) is 42.4 Å². The highest BCUT2D eigenvalue weighted by Gasteiger charge is 2.30. The van der Waals surface area contributed by atoms with Crippen molar-refractivity contribution in [2.75, 3.05) is 6.54 Å². The normalized spacial score (nSPS) is 18.9. The van der Waals surface area contributed by atoms with Crippen LogP contribution in [0.25, 0.3) is 0 Å². The van der Waals surface area contributed by atoms with Crippen LogP contribution in [0, 0.1) is 0 Å². The van der Waals surface area contributed by atoms with E-state index in [0.717, 1.165) is 46.3 Å². The number of pyridine rings is 1. The predicted octanol–water partition coefficient (Wildman–Crippen LogP) is 5.00. The molecule has 34 heavy (non-hydrogen) atoms. The zero-order valence-electron chi connectivity index (χ0n) is 19.0. The third-order valence-electron chi connectivity index (χ3n) is 5.82. The SMILES string of the molecule is CC1CC=C(CNC(=O)Cc2ccc(Oc3ccnc4c3SC(c3nccn3C)C4)cc2Cl)O1. The summed E-state index contributed by atoms with van der Waals surface area (Å²) in [5.74, 6) is 3.08. The van der Waals surface area contributed by atoms with Crippen LogP contribution in [0.2, 0.25) is 5.02 Å². The zero-order valence-corrected chi connectivity index (χ0v) is 20.5. The van der Waals surface area contributed by atoms with Crippen LogP contribution in [0.1, 0.15) is 35.7 Å². The van der Waals surface area contributed by atoms with Crippen LogP contribution >= 0.6 is 23.4 Å². The summed E-state index contributed by atoms with van der Waals surface area (Å²) in [5, 5.41) is 3.57. The Morgan fingerprint density at radius 2 is 2.21 bits per heavy atom. The first-order chi connectivity index (χ1) is 16.5. The number of thioether (sulfide) groups is 1. The van der Waals surface area contributed by atoms with Crippen LogP contribution in [-0.2, 0) is 29.4 Å². The number of fused-ring (bicyclic) bond motifs is 1. The molecule has 0 bridgehead atoms. The summed E-state index contributed by atoms with van der Waals surface area (Å²) >= 11 is 8.20. The fraction of sp³-hybridized carbons (Fsp3) is 0.320. The molecule has 2 unspecified atom stereocenters. The molecule has 2 aliphatic rings. The highest BCUT2D eigenvalue weighted by atomic mass is 35.5. The van der Waals surface area contributed by atoms with Gasteiger partial charge >= 0.3 is 0 Å². The summed E-state index contributed by atoms with van der Waals surface area (Å²) in [4.78, 5) is 22.4. The molecule has 2 aromatic heterocycles. The second-order valence-electron chi connectivity index (χ2n) is 8.44. The molecule has 0 radical (unpaired) electrons. The van der Waals surface area contributed by atoms with E-state index < -0.39 is 0 Å². The van der Waals surface area contributed by atoms with Gasteiger partial charge in [-0.25, -0.2) is 4.98 Å². The lowest BCUT2D eigenvalue weighted by Crippen LogP contribution is -2.27. The lowest BCUT2D eigenvalue weighted by molar-refractivity contribution is -0.120. The number of nitrogens with zero attached hydrogens (tertiary/aromatic N) is 3. The van der Waals surface area contributed by atoms with Gasteiger partial charge in [-0.05, 0) is 30.7 Å². The van der Waals surface area contributed by atoms with Gasteiger partial charge in [-0.2, -0.15) is 0 Å². The first-order valence-electron chi connectivity index (χ1n) is 11.2. The maximum atomic E-state index is 12.4. The second-order valence-corrected chi connectivity index (χ2v) is 10.1. The molecule has 3 aromatic rings. The lowest BCUT2D eigenvalue weighted by atomic mass is 10.1. The third-order valence-corrected chi connectivity index (χ3v) is 7.51. The molecule has 0 spiro atoms. The van der Waals surface area contributed by atoms with Crippen molar-refractivity contribution in [2.24, 2.45) is 7.05 Å².